The van der Waals surface area contributed by atoms with Gasteiger partial charge in [0.15, 0.2) is 11.5 Å². The SMILES string of the molecule is COCc1cccc2ccc(-c3nnc4ccc([C@@H](N5CC[C@H](N)C5)C(F)(F)F)cn34)nc12. The molecule has 172 valence electrons. The minimum Gasteiger partial charge on any atom is -0.380 e. The Kier molecular flexibility index (Phi) is 5.51. The Labute approximate surface area is 188 Å². The maximum absolute atomic E-state index is 14.1. The summed E-state index contributed by atoms with van der Waals surface area (Å²) in [7, 11) is 1.61. The average Bonchev–Trinajstić information content (AvgIpc) is 3.39. The number of benzene rings is 1. The van der Waals surface area contributed by atoms with Gasteiger partial charge in [-0.15, -0.1) is 10.2 Å². The van der Waals surface area contributed by atoms with Gasteiger partial charge in [0, 0.05) is 43.4 Å². The average molecular weight is 456 g/mol. The first kappa shape index (κ1) is 21.7. The van der Waals surface area contributed by atoms with Gasteiger partial charge in [-0.25, -0.2) is 4.98 Å². The van der Waals surface area contributed by atoms with Gasteiger partial charge in [0.2, 0.25) is 0 Å². The predicted octanol–water partition coefficient (Wildman–Crippen LogP) is 3.73. The lowest BCUT2D eigenvalue weighted by Gasteiger charge is -2.30. The molecule has 1 fully saturated rings. The normalized spacial score (nSPS) is 18.4. The zero-order valence-corrected chi connectivity index (χ0v) is 18.0. The van der Waals surface area contributed by atoms with Gasteiger partial charge >= 0.3 is 6.18 Å². The maximum Gasteiger partial charge on any atom is 0.408 e. The highest BCUT2D eigenvalue weighted by Gasteiger charge is 2.46. The minimum absolute atomic E-state index is 0.117. The van der Waals surface area contributed by atoms with Crippen LogP contribution in [-0.2, 0) is 11.3 Å². The van der Waals surface area contributed by atoms with E-state index in [1.807, 2.05) is 24.3 Å². The van der Waals surface area contributed by atoms with E-state index >= 15 is 0 Å². The number of hydrogen-bond acceptors (Lipinski definition) is 6. The summed E-state index contributed by atoms with van der Waals surface area (Å²) in [6.07, 6.45) is -2.45. The van der Waals surface area contributed by atoms with Crippen molar-refractivity contribution in [2.45, 2.75) is 31.3 Å². The van der Waals surface area contributed by atoms with E-state index in [2.05, 4.69) is 10.2 Å². The van der Waals surface area contributed by atoms with Crippen molar-refractivity contribution in [3.8, 4) is 11.5 Å². The van der Waals surface area contributed by atoms with Gasteiger partial charge in [0.05, 0.1) is 12.1 Å². The number of rotatable bonds is 5. The Hall–Kier alpha value is -3.08. The lowest BCUT2D eigenvalue weighted by molar-refractivity contribution is -0.183. The molecule has 0 aliphatic carbocycles. The number of nitrogens with two attached hydrogens (primary N) is 1. The zero-order valence-electron chi connectivity index (χ0n) is 18.0. The van der Waals surface area contributed by atoms with Crippen molar-refractivity contribution in [1.29, 1.82) is 0 Å². The van der Waals surface area contributed by atoms with Crippen LogP contribution in [-0.4, -0.2) is 56.9 Å². The number of halogens is 3. The van der Waals surface area contributed by atoms with E-state index < -0.39 is 12.2 Å². The van der Waals surface area contributed by atoms with Gasteiger partial charge in [-0.05, 0) is 24.1 Å². The van der Waals surface area contributed by atoms with Crippen LogP contribution >= 0.6 is 0 Å². The van der Waals surface area contributed by atoms with E-state index in [4.69, 9.17) is 15.5 Å². The maximum atomic E-state index is 14.1. The number of alkyl halides is 3. The van der Waals surface area contributed by atoms with E-state index in [0.29, 0.717) is 36.7 Å². The number of fused-ring (bicyclic) bond motifs is 2. The second-order valence-electron chi connectivity index (χ2n) is 8.32. The number of para-hydroxylation sites is 1. The first-order valence-electron chi connectivity index (χ1n) is 10.6. The largest absolute Gasteiger partial charge is 0.408 e. The summed E-state index contributed by atoms with van der Waals surface area (Å²) in [4.78, 5) is 6.13. The van der Waals surface area contributed by atoms with Crippen molar-refractivity contribution < 1.29 is 17.9 Å². The third-order valence-electron chi connectivity index (χ3n) is 6.01. The molecule has 2 atom stereocenters. The summed E-state index contributed by atoms with van der Waals surface area (Å²) in [6, 6.07) is 10.5. The number of aromatic nitrogens is 4. The van der Waals surface area contributed by atoms with Gasteiger partial charge in [-0.2, -0.15) is 13.2 Å². The van der Waals surface area contributed by atoms with E-state index in [0.717, 1.165) is 16.5 Å². The zero-order chi connectivity index (χ0) is 23.2. The van der Waals surface area contributed by atoms with Gasteiger partial charge in [0.25, 0.3) is 0 Å². The molecule has 1 aliphatic heterocycles. The number of pyridine rings is 2. The van der Waals surface area contributed by atoms with Crippen LogP contribution in [0.25, 0.3) is 28.1 Å². The molecule has 3 aromatic heterocycles. The molecule has 1 saturated heterocycles. The molecule has 1 aromatic carbocycles. The number of ether oxygens (including phenoxy) is 1. The minimum atomic E-state index is -4.44. The fraction of sp³-hybridized carbons (Fsp3) is 0.348. The molecule has 10 heteroatoms. The van der Waals surface area contributed by atoms with Gasteiger partial charge in [0.1, 0.15) is 11.7 Å². The molecule has 0 unspecified atom stereocenters. The molecular formula is C23H23F3N6O. The van der Waals surface area contributed by atoms with Crippen LogP contribution in [0.5, 0.6) is 0 Å². The van der Waals surface area contributed by atoms with Crippen molar-refractivity contribution in [3.63, 3.8) is 0 Å². The molecule has 4 aromatic rings. The number of methoxy groups -OCH3 is 1. The second kappa shape index (κ2) is 8.36. The number of nitrogens with zero attached hydrogens (tertiary/aromatic N) is 5. The molecule has 0 spiro atoms. The van der Waals surface area contributed by atoms with Crippen LogP contribution in [0.3, 0.4) is 0 Å². The number of likely N-dealkylation sites (tertiary alicyclic amines) is 1. The summed E-state index contributed by atoms with van der Waals surface area (Å²) in [5.41, 5.74) is 8.63. The molecular weight excluding hydrogens is 433 g/mol. The third-order valence-corrected chi connectivity index (χ3v) is 6.01. The van der Waals surface area contributed by atoms with E-state index in [9.17, 15) is 13.2 Å². The smallest absolute Gasteiger partial charge is 0.380 e. The predicted molar refractivity (Wildman–Crippen MR) is 117 cm³/mol. The van der Waals surface area contributed by atoms with Crippen molar-refractivity contribution in [2.24, 2.45) is 5.73 Å². The Bertz CT molecular complexity index is 1300. The summed E-state index contributed by atoms with van der Waals surface area (Å²) < 4.78 is 49.1. The Balaban J connectivity index is 1.61. The van der Waals surface area contributed by atoms with Gasteiger partial charge in [-0.3, -0.25) is 9.30 Å². The molecule has 0 saturated carbocycles. The van der Waals surface area contributed by atoms with E-state index in [1.54, 1.807) is 23.6 Å². The molecule has 0 radical (unpaired) electrons. The van der Waals surface area contributed by atoms with Crippen LogP contribution in [0.15, 0.2) is 48.7 Å². The molecule has 4 heterocycles. The quantitative estimate of drug-likeness (QED) is 0.493. The van der Waals surface area contributed by atoms with Crippen molar-refractivity contribution >= 4 is 16.6 Å². The fourth-order valence-corrected chi connectivity index (χ4v) is 4.51. The van der Waals surface area contributed by atoms with E-state index in [-0.39, 0.29) is 18.2 Å². The molecule has 1 aliphatic rings. The van der Waals surface area contributed by atoms with Crippen LogP contribution in [0.2, 0.25) is 0 Å². The summed E-state index contributed by atoms with van der Waals surface area (Å²) in [5.74, 6) is 0.375. The third kappa shape index (κ3) is 4.05. The molecule has 33 heavy (non-hydrogen) atoms. The highest BCUT2D eigenvalue weighted by molar-refractivity contribution is 5.83. The lowest BCUT2D eigenvalue weighted by atomic mass is 10.1. The van der Waals surface area contributed by atoms with Crippen molar-refractivity contribution in [1.82, 2.24) is 24.5 Å². The standard InChI is InChI=1S/C23H23F3N6O/c1-33-13-16-4-2-3-14-5-7-18(28-20(14)16)22-30-29-19-8-6-15(11-32(19)22)21(23(24,25)26)31-10-9-17(27)12-31/h2-8,11,17,21H,9-10,12-13,27H2,1H3/t17-,21+/m0/s1. The monoisotopic (exact) mass is 456 g/mol. The Morgan fingerprint density at radius 2 is 2.00 bits per heavy atom. The fourth-order valence-electron chi connectivity index (χ4n) is 4.51. The van der Waals surface area contributed by atoms with E-state index in [1.165, 1.54) is 17.2 Å². The van der Waals surface area contributed by atoms with Gasteiger partial charge < -0.3 is 10.5 Å². The Morgan fingerprint density at radius 1 is 1.15 bits per heavy atom. The molecule has 5 rings (SSSR count). The lowest BCUT2D eigenvalue weighted by Crippen LogP contribution is -2.38. The van der Waals surface area contributed by atoms with Crippen LogP contribution < -0.4 is 5.73 Å². The Morgan fingerprint density at radius 3 is 2.73 bits per heavy atom. The highest BCUT2D eigenvalue weighted by Crippen LogP contribution is 2.39. The molecule has 7 nitrogen and oxygen atoms in total. The molecule has 2 N–H and O–H groups in total. The first-order chi connectivity index (χ1) is 15.8. The summed E-state index contributed by atoms with van der Waals surface area (Å²) >= 11 is 0. The summed E-state index contributed by atoms with van der Waals surface area (Å²) in [6.45, 7) is 0.891. The van der Waals surface area contributed by atoms with Gasteiger partial charge in [-0.1, -0.05) is 30.3 Å². The highest BCUT2D eigenvalue weighted by atomic mass is 19.4. The molecule has 0 amide bonds. The number of hydrogen-bond donors (Lipinski definition) is 1. The van der Waals surface area contributed by atoms with Crippen molar-refractivity contribution in [2.75, 3.05) is 20.2 Å². The van der Waals surface area contributed by atoms with Crippen LogP contribution in [0.1, 0.15) is 23.6 Å². The molecule has 0 bridgehead atoms. The van der Waals surface area contributed by atoms with Crippen LogP contribution in [0.4, 0.5) is 13.2 Å². The first-order valence-corrected chi connectivity index (χ1v) is 10.6. The van der Waals surface area contributed by atoms with Crippen LogP contribution in [0, 0.1) is 0 Å². The second-order valence-corrected chi connectivity index (χ2v) is 8.32. The summed E-state index contributed by atoms with van der Waals surface area (Å²) in [5, 5.41) is 9.30. The topological polar surface area (TPSA) is 81.6 Å². The van der Waals surface area contributed by atoms with Crippen molar-refractivity contribution in [3.05, 3.63) is 59.8 Å².